The summed E-state index contributed by atoms with van der Waals surface area (Å²) in [5.74, 6) is 0. The van der Waals surface area contributed by atoms with Crippen molar-refractivity contribution in [2.45, 2.75) is 39.8 Å². The molecule has 1 rings (SSSR count). The number of hydrogen-bond donors (Lipinski definition) is 1. The molecule has 0 saturated carbocycles. The second-order valence-electron chi connectivity index (χ2n) is 5.71. The molecule has 0 saturated heterocycles. The van der Waals surface area contributed by atoms with Gasteiger partial charge in [-0.15, -0.1) is 0 Å². The van der Waals surface area contributed by atoms with Gasteiger partial charge in [0.15, 0.2) is 0 Å². The van der Waals surface area contributed by atoms with Gasteiger partial charge < -0.3 is 0 Å². The molecule has 8 heteroatoms. The van der Waals surface area contributed by atoms with Crippen LogP contribution < -0.4 is 5.43 Å². The number of nitro groups is 1. The SMILES string of the molecule is CC(C)=CCC/C(C)=C/C=N/Nc1ccc(C(F)(F)F)cc1[N+](=O)[O-]. The van der Waals surface area contributed by atoms with Crippen LogP contribution in [0.3, 0.4) is 0 Å². The Morgan fingerprint density at radius 1 is 1.32 bits per heavy atom. The number of nitro benzene ring substituents is 1. The molecule has 0 heterocycles. The number of hydrogen-bond acceptors (Lipinski definition) is 4. The van der Waals surface area contributed by atoms with Crippen LogP contribution in [-0.2, 0) is 6.18 Å². The Morgan fingerprint density at radius 3 is 2.56 bits per heavy atom. The highest BCUT2D eigenvalue weighted by atomic mass is 19.4. The van der Waals surface area contributed by atoms with Crippen LogP contribution in [-0.4, -0.2) is 11.1 Å². The molecular formula is C17H20F3N3O2. The van der Waals surface area contributed by atoms with E-state index in [1.54, 1.807) is 6.08 Å². The van der Waals surface area contributed by atoms with E-state index in [2.05, 4.69) is 16.6 Å². The Hall–Kier alpha value is -2.64. The second-order valence-corrected chi connectivity index (χ2v) is 5.71. The number of hydrazone groups is 1. The fourth-order valence-electron chi connectivity index (χ4n) is 1.90. The van der Waals surface area contributed by atoms with Gasteiger partial charge in [0.1, 0.15) is 5.69 Å². The lowest BCUT2D eigenvalue weighted by molar-refractivity contribution is -0.384. The molecule has 0 bridgehead atoms. The highest BCUT2D eigenvalue weighted by Crippen LogP contribution is 2.34. The maximum absolute atomic E-state index is 12.6. The van der Waals surface area contributed by atoms with Crippen LogP contribution in [0.1, 0.15) is 39.2 Å². The van der Waals surface area contributed by atoms with Gasteiger partial charge in [0.05, 0.1) is 10.5 Å². The van der Waals surface area contributed by atoms with E-state index in [9.17, 15) is 23.3 Å². The summed E-state index contributed by atoms with van der Waals surface area (Å²) in [4.78, 5) is 10.1. The highest BCUT2D eigenvalue weighted by molar-refractivity contribution is 5.74. The lowest BCUT2D eigenvalue weighted by Gasteiger charge is -2.08. The standard InChI is InChI=1S/C17H20F3N3O2/c1-12(2)5-4-6-13(3)9-10-21-22-15-8-7-14(17(18,19)20)11-16(15)23(24)25/h5,7-11,22H,4,6H2,1-3H3/b13-9+,21-10+. The van der Waals surface area contributed by atoms with Crippen LogP contribution in [0, 0.1) is 10.1 Å². The number of anilines is 1. The minimum Gasteiger partial charge on any atom is -0.272 e. The molecule has 1 aromatic carbocycles. The molecule has 0 aliphatic carbocycles. The number of benzene rings is 1. The van der Waals surface area contributed by atoms with Gasteiger partial charge in [-0.2, -0.15) is 18.3 Å². The molecule has 0 aliphatic rings. The largest absolute Gasteiger partial charge is 0.416 e. The molecular weight excluding hydrogens is 335 g/mol. The fraction of sp³-hybridized carbons (Fsp3) is 0.353. The molecule has 136 valence electrons. The molecule has 0 aromatic heterocycles. The zero-order valence-corrected chi connectivity index (χ0v) is 14.2. The molecule has 0 unspecified atom stereocenters. The first kappa shape index (κ1) is 20.4. The lowest BCUT2D eigenvalue weighted by Crippen LogP contribution is -2.06. The first-order valence-electron chi connectivity index (χ1n) is 7.55. The molecule has 0 atom stereocenters. The predicted molar refractivity (Wildman–Crippen MR) is 92.6 cm³/mol. The number of alkyl halides is 3. The Morgan fingerprint density at radius 2 is 2.00 bits per heavy atom. The van der Waals surface area contributed by atoms with Crippen LogP contribution in [0.2, 0.25) is 0 Å². The van der Waals surface area contributed by atoms with Gasteiger partial charge in [-0.05, 0) is 51.8 Å². The Labute approximate surface area is 144 Å². The van der Waals surface area contributed by atoms with Crippen molar-refractivity contribution in [1.82, 2.24) is 0 Å². The maximum atomic E-state index is 12.6. The predicted octanol–water partition coefficient (Wildman–Crippen LogP) is 5.70. The van der Waals surface area contributed by atoms with E-state index < -0.39 is 22.4 Å². The minimum absolute atomic E-state index is 0.107. The average Bonchev–Trinajstić information content (AvgIpc) is 2.50. The van der Waals surface area contributed by atoms with E-state index in [0.29, 0.717) is 6.07 Å². The van der Waals surface area contributed by atoms with Gasteiger partial charge in [-0.3, -0.25) is 15.5 Å². The van der Waals surface area contributed by atoms with Gasteiger partial charge in [-0.25, -0.2) is 0 Å². The molecule has 1 aromatic rings. The van der Waals surface area contributed by atoms with E-state index in [1.807, 2.05) is 20.8 Å². The van der Waals surface area contributed by atoms with E-state index >= 15 is 0 Å². The second kappa shape index (κ2) is 9.00. The maximum Gasteiger partial charge on any atom is 0.416 e. The van der Waals surface area contributed by atoms with Crippen LogP contribution in [0.4, 0.5) is 24.5 Å². The van der Waals surface area contributed by atoms with Crippen molar-refractivity contribution in [2.24, 2.45) is 5.10 Å². The zero-order chi connectivity index (χ0) is 19.0. The smallest absolute Gasteiger partial charge is 0.272 e. The zero-order valence-electron chi connectivity index (χ0n) is 14.2. The summed E-state index contributed by atoms with van der Waals surface area (Å²) in [6, 6.07) is 2.24. The molecule has 25 heavy (non-hydrogen) atoms. The minimum atomic E-state index is -4.64. The molecule has 0 amide bonds. The molecule has 0 fully saturated rings. The number of rotatable bonds is 7. The monoisotopic (exact) mass is 355 g/mol. The van der Waals surface area contributed by atoms with Crippen LogP contribution in [0.5, 0.6) is 0 Å². The topological polar surface area (TPSA) is 67.5 Å². The summed E-state index contributed by atoms with van der Waals surface area (Å²) < 4.78 is 37.9. The summed E-state index contributed by atoms with van der Waals surface area (Å²) in [7, 11) is 0. The Balaban J connectivity index is 2.79. The summed E-state index contributed by atoms with van der Waals surface area (Å²) in [6.07, 6.45) is 2.37. The van der Waals surface area contributed by atoms with Crippen LogP contribution in [0.15, 0.2) is 46.6 Å². The molecule has 0 aliphatic heterocycles. The first-order chi connectivity index (χ1) is 11.6. The fourth-order valence-corrected chi connectivity index (χ4v) is 1.90. The number of nitrogens with zero attached hydrogens (tertiary/aromatic N) is 2. The van der Waals surface area contributed by atoms with Crippen LogP contribution in [0.25, 0.3) is 0 Å². The number of allylic oxidation sites excluding steroid dienone is 4. The Bertz CT molecular complexity index is 704. The summed E-state index contributed by atoms with van der Waals surface area (Å²) in [6.45, 7) is 5.95. The number of halogens is 3. The van der Waals surface area contributed by atoms with Crippen molar-refractivity contribution in [3.05, 3.63) is 57.2 Å². The van der Waals surface area contributed by atoms with Gasteiger partial charge >= 0.3 is 6.18 Å². The van der Waals surface area contributed by atoms with Gasteiger partial charge in [0, 0.05) is 12.3 Å². The summed E-state index contributed by atoms with van der Waals surface area (Å²) in [5, 5.41) is 14.8. The Kier molecular flexibility index (Phi) is 7.35. The third kappa shape index (κ3) is 7.19. The lowest BCUT2D eigenvalue weighted by atomic mass is 10.1. The molecule has 5 nitrogen and oxygen atoms in total. The van der Waals surface area contributed by atoms with Crippen molar-refractivity contribution in [1.29, 1.82) is 0 Å². The number of nitrogens with one attached hydrogen (secondary N) is 1. The van der Waals surface area contributed by atoms with Gasteiger partial charge in [0.2, 0.25) is 0 Å². The first-order valence-corrected chi connectivity index (χ1v) is 7.55. The molecule has 0 radical (unpaired) electrons. The van der Waals surface area contributed by atoms with Gasteiger partial charge in [-0.1, -0.05) is 17.2 Å². The van der Waals surface area contributed by atoms with Crippen molar-refractivity contribution in [3.63, 3.8) is 0 Å². The van der Waals surface area contributed by atoms with Crippen molar-refractivity contribution in [2.75, 3.05) is 5.43 Å². The van der Waals surface area contributed by atoms with E-state index in [4.69, 9.17) is 0 Å². The third-order valence-electron chi connectivity index (χ3n) is 3.23. The van der Waals surface area contributed by atoms with Gasteiger partial charge in [0.25, 0.3) is 5.69 Å². The van der Waals surface area contributed by atoms with Crippen LogP contribution >= 0.6 is 0 Å². The molecule has 1 N–H and O–H groups in total. The normalized spacial score (nSPS) is 12.3. The molecule has 0 spiro atoms. The quantitative estimate of drug-likeness (QED) is 0.295. The van der Waals surface area contributed by atoms with Crippen molar-refractivity contribution < 1.29 is 18.1 Å². The van der Waals surface area contributed by atoms with E-state index in [0.717, 1.165) is 30.5 Å². The highest BCUT2D eigenvalue weighted by Gasteiger charge is 2.33. The van der Waals surface area contributed by atoms with Crippen molar-refractivity contribution in [3.8, 4) is 0 Å². The summed E-state index contributed by atoms with van der Waals surface area (Å²) in [5.41, 5.74) is 2.83. The van der Waals surface area contributed by atoms with E-state index in [-0.39, 0.29) is 5.69 Å². The summed E-state index contributed by atoms with van der Waals surface area (Å²) >= 11 is 0. The third-order valence-corrected chi connectivity index (χ3v) is 3.23. The average molecular weight is 355 g/mol. The van der Waals surface area contributed by atoms with E-state index in [1.165, 1.54) is 11.8 Å². The van der Waals surface area contributed by atoms with Crippen molar-refractivity contribution >= 4 is 17.6 Å².